The largest absolute Gasteiger partial charge is 0.383 e. The Hall–Kier alpha value is -0.890. The average Bonchev–Trinajstić information content (AvgIpc) is 2.59. The number of methoxy groups -OCH3 is 1. The van der Waals surface area contributed by atoms with E-state index in [1.165, 1.54) is 0 Å². The number of hydrogen-bond donors (Lipinski definition) is 2. The molecule has 25 heavy (non-hydrogen) atoms. The number of morpholine rings is 1. The molecule has 144 valence electrons. The Kier molecular flexibility index (Phi) is 13.8. The fourth-order valence-electron chi connectivity index (χ4n) is 2.49. The molecule has 0 saturated carbocycles. The molecule has 8 heteroatoms. The van der Waals surface area contributed by atoms with E-state index in [1.54, 1.807) is 7.11 Å². The summed E-state index contributed by atoms with van der Waals surface area (Å²) >= 11 is 0. The van der Waals surface area contributed by atoms with Gasteiger partial charge in [0, 0.05) is 51.9 Å². The summed E-state index contributed by atoms with van der Waals surface area (Å²) < 4.78 is 10.3. The van der Waals surface area contributed by atoms with Crippen LogP contribution in [0.2, 0.25) is 0 Å². The van der Waals surface area contributed by atoms with Crippen molar-refractivity contribution in [1.82, 2.24) is 15.5 Å². The van der Waals surface area contributed by atoms with Gasteiger partial charge in [-0.15, -0.1) is 24.8 Å². The highest BCUT2D eigenvalue weighted by molar-refractivity contribution is 5.94. The van der Waals surface area contributed by atoms with Crippen LogP contribution in [0, 0.1) is 0 Å². The molecule has 6 nitrogen and oxygen atoms in total. The summed E-state index contributed by atoms with van der Waals surface area (Å²) in [6, 6.07) is 7.85. The molecule has 1 aliphatic rings. The summed E-state index contributed by atoms with van der Waals surface area (Å²) in [5.74, 6) is -0.0256. The Morgan fingerprint density at radius 1 is 1.20 bits per heavy atom. The van der Waals surface area contributed by atoms with Crippen LogP contribution in [0.3, 0.4) is 0 Å². The molecule has 1 saturated heterocycles. The van der Waals surface area contributed by atoms with Gasteiger partial charge in [-0.25, -0.2) is 0 Å². The van der Waals surface area contributed by atoms with Gasteiger partial charge in [0.15, 0.2) is 0 Å². The van der Waals surface area contributed by atoms with Crippen molar-refractivity contribution in [2.24, 2.45) is 0 Å². The van der Waals surface area contributed by atoms with Crippen LogP contribution in [0.5, 0.6) is 0 Å². The molecule has 0 radical (unpaired) electrons. The van der Waals surface area contributed by atoms with E-state index in [0.717, 1.165) is 51.5 Å². The molecule has 0 aromatic heterocycles. The molecule has 1 heterocycles. The summed E-state index contributed by atoms with van der Waals surface area (Å²) in [5.41, 5.74) is 1.88. The Labute approximate surface area is 162 Å². The van der Waals surface area contributed by atoms with E-state index in [9.17, 15) is 4.79 Å². The first-order chi connectivity index (χ1) is 11.3. The second-order valence-corrected chi connectivity index (χ2v) is 5.59. The van der Waals surface area contributed by atoms with Gasteiger partial charge in [0.05, 0.1) is 19.8 Å². The zero-order valence-electron chi connectivity index (χ0n) is 14.7. The van der Waals surface area contributed by atoms with Crippen LogP contribution in [0.25, 0.3) is 0 Å². The minimum atomic E-state index is -0.0256. The smallest absolute Gasteiger partial charge is 0.251 e. The van der Waals surface area contributed by atoms with Crippen LogP contribution in [0.15, 0.2) is 24.3 Å². The fraction of sp³-hybridized carbons (Fsp3) is 0.588. The number of carbonyl (C=O) groups excluding carboxylic acids is 1. The van der Waals surface area contributed by atoms with E-state index in [0.29, 0.717) is 18.7 Å². The van der Waals surface area contributed by atoms with Gasteiger partial charge in [-0.1, -0.05) is 12.1 Å². The molecule has 1 aliphatic heterocycles. The van der Waals surface area contributed by atoms with Crippen molar-refractivity contribution in [3.8, 4) is 0 Å². The molecule has 0 bridgehead atoms. The quantitative estimate of drug-likeness (QED) is 0.619. The summed E-state index contributed by atoms with van der Waals surface area (Å²) in [7, 11) is 1.67. The van der Waals surface area contributed by atoms with Gasteiger partial charge in [-0.2, -0.15) is 0 Å². The second kappa shape index (κ2) is 14.3. The van der Waals surface area contributed by atoms with Gasteiger partial charge >= 0.3 is 0 Å². The minimum absolute atomic E-state index is 0. The number of nitrogens with one attached hydrogen (secondary N) is 2. The zero-order valence-corrected chi connectivity index (χ0v) is 16.3. The number of rotatable bonds is 9. The molecular formula is C17H29Cl2N3O3. The van der Waals surface area contributed by atoms with Crippen molar-refractivity contribution < 1.29 is 14.3 Å². The molecule has 1 aromatic rings. The lowest BCUT2D eigenvalue weighted by Gasteiger charge is -2.26. The minimum Gasteiger partial charge on any atom is -0.383 e. The van der Waals surface area contributed by atoms with Crippen LogP contribution >= 0.6 is 24.8 Å². The highest BCUT2D eigenvalue weighted by Crippen LogP contribution is 2.10. The molecule has 0 aliphatic carbocycles. The Morgan fingerprint density at radius 2 is 1.96 bits per heavy atom. The predicted octanol–water partition coefficient (Wildman–Crippen LogP) is 1.33. The third kappa shape index (κ3) is 9.39. The Balaban J connectivity index is 0.00000288. The number of carbonyl (C=O) groups is 1. The van der Waals surface area contributed by atoms with E-state index in [-0.39, 0.29) is 30.7 Å². The molecule has 2 rings (SSSR count). The number of amides is 1. The van der Waals surface area contributed by atoms with E-state index >= 15 is 0 Å². The Bertz CT molecular complexity index is 486. The summed E-state index contributed by atoms with van der Waals surface area (Å²) in [5, 5.41) is 6.13. The van der Waals surface area contributed by atoms with Crippen molar-refractivity contribution in [2.75, 3.05) is 59.7 Å². The first-order valence-corrected chi connectivity index (χ1v) is 8.16. The SMILES string of the molecule is COCCNCCNC(=O)c1cccc(CN2CCOCC2)c1.Cl.Cl. The van der Waals surface area contributed by atoms with Crippen LogP contribution < -0.4 is 10.6 Å². The number of ether oxygens (including phenoxy) is 2. The number of hydrogen-bond acceptors (Lipinski definition) is 5. The van der Waals surface area contributed by atoms with Gasteiger partial charge in [0.1, 0.15) is 0 Å². The van der Waals surface area contributed by atoms with Crippen molar-refractivity contribution in [3.05, 3.63) is 35.4 Å². The Morgan fingerprint density at radius 3 is 2.68 bits per heavy atom. The molecule has 0 atom stereocenters. The molecular weight excluding hydrogens is 365 g/mol. The first-order valence-electron chi connectivity index (χ1n) is 8.16. The maximum absolute atomic E-state index is 12.2. The monoisotopic (exact) mass is 393 g/mol. The van der Waals surface area contributed by atoms with Gasteiger partial charge < -0.3 is 20.1 Å². The van der Waals surface area contributed by atoms with Crippen molar-refractivity contribution >= 4 is 30.7 Å². The first kappa shape index (κ1) is 24.1. The van der Waals surface area contributed by atoms with E-state index in [1.807, 2.05) is 18.2 Å². The van der Waals surface area contributed by atoms with Crippen molar-refractivity contribution in [2.45, 2.75) is 6.54 Å². The summed E-state index contributed by atoms with van der Waals surface area (Å²) in [4.78, 5) is 14.5. The van der Waals surface area contributed by atoms with Gasteiger partial charge in [-0.05, 0) is 17.7 Å². The molecule has 2 N–H and O–H groups in total. The highest BCUT2D eigenvalue weighted by atomic mass is 35.5. The van der Waals surface area contributed by atoms with Gasteiger partial charge in [0.25, 0.3) is 5.91 Å². The normalized spacial score (nSPS) is 14.3. The summed E-state index contributed by atoms with van der Waals surface area (Å²) in [6.07, 6.45) is 0. The summed E-state index contributed by atoms with van der Waals surface area (Å²) in [6.45, 7) is 7.15. The lowest BCUT2D eigenvalue weighted by molar-refractivity contribution is 0.0342. The maximum atomic E-state index is 12.2. The standard InChI is InChI=1S/C17H27N3O3.2ClH/c1-22-10-7-18-5-6-19-17(21)16-4-2-3-15(13-16)14-20-8-11-23-12-9-20;;/h2-4,13,18H,5-12,14H2,1H3,(H,19,21);2*1H. The average molecular weight is 394 g/mol. The zero-order chi connectivity index (χ0) is 16.3. The predicted molar refractivity (Wildman–Crippen MR) is 104 cm³/mol. The fourth-order valence-corrected chi connectivity index (χ4v) is 2.49. The number of benzene rings is 1. The molecule has 0 spiro atoms. The topological polar surface area (TPSA) is 62.8 Å². The molecule has 1 aromatic carbocycles. The van der Waals surface area contributed by atoms with Crippen LogP contribution in [0.4, 0.5) is 0 Å². The number of nitrogens with zero attached hydrogens (tertiary/aromatic N) is 1. The molecule has 1 amide bonds. The third-order valence-electron chi connectivity index (χ3n) is 3.77. The lowest BCUT2D eigenvalue weighted by atomic mass is 10.1. The lowest BCUT2D eigenvalue weighted by Crippen LogP contribution is -2.35. The molecule has 1 fully saturated rings. The van der Waals surface area contributed by atoms with E-state index < -0.39 is 0 Å². The van der Waals surface area contributed by atoms with Crippen LogP contribution in [-0.4, -0.2) is 70.5 Å². The van der Waals surface area contributed by atoms with E-state index in [4.69, 9.17) is 9.47 Å². The van der Waals surface area contributed by atoms with Gasteiger partial charge in [0.2, 0.25) is 0 Å². The van der Waals surface area contributed by atoms with Crippen LogP contribution in [-0.2, 0) is 16.0 Å². The van der Waals surface area contributed by atoms with E-state index in [2.05, 4.69) is 21.6 Å². The molecule has 0 unspecified atom stereocenters. The van der Waals surface area contributed by atoms with Crippen LogP contribution in [0.1, 0.15) is 15.9 Å². The van der Waals surface area contributed by atoms with Gasteiger partial charge in [-0.3, -0.25) is 9.69 Å². The highest BCUT2D eigenvalue weighted by Gasteiger charge is 2.12. The second-order valence-electron chi connectivity index (χ2n) is 5.59. The maximum Gasteiger partial charge on any atom is 0.251 e. The number of halogens is 2. The third-order valence-corrected chi connectivity index (χ3v) is 3.77. The van der Waals surface area contributed by atoms with Crippen molar-refractivity contribution in [1.29, 1.82) is 0 Å². The van der Waals surface area contributed by atoms with Crippen molar-refractivity contribution in [3.63, 3.8) is 0 Å².